The van der Waals surface area contributed by atoms with E-state index in [-0.39, 0.29) is 11.3 Å². The lowest BCUT2D eigenvalue weighted by Gasteiger charge is -2.42. The average Bonchev–Trinajstić information content (AvgIpc) is 2.79. The Morgan fingerprint density at radius 1 is 1.10 bits per heavy atom. The SMILES string of the molecule is CCC1=C(C(C)(C)C2CCOCC2)C=C(NC(=O)C(C)(C)N(C)C2CCOCC2)SC1. The lowest BCUT2D eigenvalue weighted by Crippen LogP contribution is -2.57. The average molecular weight is 451 g/mol. The van der Waals surface area contributed by atoms with Gasteiger partial charge in [0.05, 0.1) is 10.6 Å². The summed E-state index contributed by atoms with van der Waals surface area (Å²) in [5.74, 6) is 1.65. The molecule has 1 N–H and O–H groups in total. The van der Waals surface area contributed by atoms with Crippen LogP contribution < -0.4 is 5.32 Å². The minimum Gasteiger partial charge on any atom is -0.381 e. The van der Waals surface area contributed by atoms with Gasteiger partial charge in [-0.2, -0.15) is 0 Å². The van der Waals surface area contributed by atoms with Crippen molar-refractivity contribution in [3.8, 4) is 0 Å². The van der Waals surface area contributed by atoms with Crippen molar-refractivity contribution in [3.63, 3.8) is 0 Å². The van der Waals surface area contributed by atoms with Crippen molar-refractivity contribution >= 4 is 17.7 Å². The highest BCUT2D eigenvalue weighted by molar-refractivity contribution is 8.03. The number of carbonyl (C=O) groups is 1. The maximum Gasteiger partial charge on any atom is 0.244 e. The van der Waals surface area contributed by atoms with E-state index in [0.29, 0.717) is 12.0 Å². The summed E-state index contributed by atoms with van der Waals surface area (Å²) >= 11 is 1.76. The number of ether oxygens (including phenoxy) is 2. The van der Waals surface area contributed by atoms with Gasteiger partial charge in [-0.3, -0.25) is 9.69 Å². The fraction of sp³-hybridized carbons (Fsp3) is 0.800. The summed E-state index contributed by atoms with van der Waals surface area (Å²) in [7, 11) is 2.08. The summed E-state index contributed by atoms with van der Waals surface area (Å²) in [6.45, 7) is 14.4. The van der Waals surface area contributed by atoms with E-state index >= 15 is 0 Å². The van der Waals surface area contributed by atoms with Gasteiger partial charge in [0.15, 0.2) is 0 Å². The van der Waals surface area contributed by atoms with E-state index < -0.39 is 5.54 Å². The maximum absolute atomic E-state index is 13.4. The minimum absolute atomic E-state index is 0.0726. The number of hydrogen-bond acceptors (Lipinski definition) is 5. The van der Waals surface area contributed by atoms with Crippen LogP contribution in [0.5, 0.6) is 0 Å². The molecule has 0 spiro atoms. The Morgan fingerprint density at radius 3 is 2.26 bits per heavy atom. The van der Waals surface area contributed by atoms with Gasteiger partial charge in [0.1, 0.15) is 0 Å². The minimum atomic E-state index is -0.575. The van der Waals surface area contributed by atoms with Crippen LogP contribution in [0, 0.1) is 11.3 Å². The van der Waals surface area contributed by atoms with Crippen molar-refractivity contribution in [2.75, 3.05) is 39.2 Å². The summed E-state index contributed by atoms with van der Waals surface area (Å²) in [5.41, 5.74) is 2.44. The van der Waals surface area contributed by atoms with E-state index in [4.69, 9.17) is 9.47 Å². The molecule has 6 heteroatoms. The molecule has 0 bridgehead atoms. The van der Waals surface area contributed by atoms with Gasteiger partial charge in [0, 0.05) is 38.2 Å². The molecule has 176 valence electrons. The molecule has 0 aromatic rings. The topological polar surface area (TPSA) is 50.8 Å². The van der Waals surface area contributed by atoms with Gasteiger partial charge in [-0.15, -0.1) is 11.8 Å². The van der Waals surface area contributed by atoms with Crippen LogP contribution in [0.25, 0.3) is 0 Å². The number of rotatable bonds is 7. The van der Waals surface area contributed by atoms with E-state index in [1.807, 2.05) is 13.8 Å². The second kappa shape index (κ2) is 10.4. The Morgan fingerprint density at radius 2 is 1.68 bits per heavy atom. The molecular weight excluding hydrogens is 408 g/mol. The van der Waals surface area contributed by atoms with Gasteiger partial charge in [0.2, 0.25) is 5.91 Å². The third kappa shape index (κ3) is 5.58. The second-order valence-electron chi connectivity index (χ2n) is 10.2. The quantitative estimate of drug-likeness (QED) is 0.607. The third-order valence-corrected chi connectivity index (χ3v) is 8.86. The first-order valence-corrected chi connectivity index (χ1v) is 12.9. The highest BCUT2D eigenvalue weighted by Gasteiger charge is 2.39. The van der Waals surface area contributed by atoms with Crippen LogP contribution in [-0.2, 0) is 14.3 Å². The van der Waals surface area contributed by atoms with Crippen LogP contribution in [-0.4, -0.2) is 61.6 Å². The van der Waals surface area contributed by atoms with E-state index in [2.05, 4.69) is 44.1 Å². The number of allylic oxidation sites excluding steroid dienone is 2. The monoisotopic (exact) mass is 450 g/mol. The Kier molecular flexibility index (Phi) is 8.33. The Balaban J connectivity index is 1.75. The molecular formula is C25H42N2O3S. The summed E-state index contributed by atoms with van der Waals surface area (Å²) < 4.78 is 11.1. The number of likely N-dealkylation sites (N-methyl/N-ethyl adjacent to an activating group) is 1. The fourth-order valence-corrected chi connectivity index (χ4v) is 6.17. The Labute approximate surface area is 193 Å². The normalized spacial score (nSPS) is 22.6. The second-order valence-corrected chi connectivity index (χ2v) is 11.3. The molecule has 0 unspecified atom stereocenters. The molecule has 0 aromatic carbocycles. The van der Waals surface area contributed by atoms with Crippen LogP contribution in [0.2, 0.25) is 0 Å². The van der Waals surface area contributed by atoms with Crippen molar-refractivity contribution in [2.24, 2.45) is 11.3 Å². The standard InChI is InChI=1S/C25H42N2O3S/c1-7-18-17-31-22(16-21(18)24(2,3)19-8-12-29-13-9-19)26-23(28)25(4,5)27(6)20-10-14-30-15-11-20/h16,19-20H,7-15,17H2,1-6H3,(H,26,28). The first-order valence-electron chi connectivity index (χ1n) is 11.9. The molecule has 3 aliphatic heterocycles. The number of carbonyl (C=O) groups excluding carboxylic acids is 1. The highest BCUT2D eigenvalue weighted by atomic mass is 32.2. The number of hydrogen-bond donors (Lipinski definition) is 1. The molecule has 0 aliphatic carbocycles. The molecule has 0 saturated carbocycles. The first-order chi connectivity index (χ1) is 14.7. The molecule has 5 nitrogen and oxygen atoms in total. The van der Waals surface area contributed by atoms with E-state index in [1.165, 1.54) is 11.1 Å². The zero-order valence-electron chi connectivity index (χ0n) is 20.4. The maximum atomic E-state index is 13.4. The molecule has 3 heterocycles. The van der Waals surface area contributed by atoms with Crippen LogP contribution in [0.15, 0.2) is 22.3 Å². The summed E-state index contributed by atoms with van der Waals surface area (Å²) in [6.07, 6.45) is 7.52. The summed E-state index contributed by atoms with van der Waals surface area (Å²) in [5, 5.41) is 4.27. The van der Waals surface area contributed by atoms with Crippen molar-refractivity contribution in [1.29, 1.82) is 0 Å². The molecule has 3 aliphatic rings. The smallest absolute Gasteiger partial charge is 0.244 e. The number of nitrogens with one attached hydrogen (secondary N) is 1. The van der Waals surface area contributed by atoms with Crippen molar-refractivity contribution in [1.82, 2.24) is 10.2 Å². The molecule has 1 amide bonds. The predicted molar refractivity (Wildman–Crippen MR) is 129 cm³/mol. The van der Waals surface area contributed by atoms with Gasteiger partial charge >= 0.3 is 0 Å². The van der Waals surface area contributed by atoms with Crippen LogP contribution >= 0.6 is 11.8 Å². The van der Waals surface area contributed by atoms with Crippen LogP contribution in [0.3, 0.4) is 0 Å². The fourth-order valence-electron chi connectivity index (χ4n) is 5.12. The molecule has 31 heavy (non-hydrogen) atoms. The number of amides is 1. The van der Waals surface area contributed by atoms with E-state index in [1.54, 1.807) is 11.8 Å². The van der Waals surface area contributed by atoms with Gasteiger partial charge in [-0.05, 0) is 76.0 Å². The predicted octanol–water partition coefficient (Wildman–Crippen LogP) is 4.74. The van der Waals surface area contributed by atoms with E-state index in [0.717, 1.165) is 69.3 Å². The van der Waals surface area contributed by atoms with Gasteiger partial charge in [-0.1, -0.05) is 26.3 Å². The van der Waals surface area contributed by atoms with Crippen molar-refractivity contribution < 1.29 is 14.3 Å². The van der Waals surface area contributed by atoms with Crippen LogP contribution in [0.4, 0.5) is 0 Å². The lowest BCUT2D eigenvalue weighted by atomic mass is 9.68. The zero-order valence-corrected chi connectivity index (χ0v) is 21.2. The number of thioether (sulfide) groups is 1. The van der Waals surface area contributed by atoms with Gasteiger partial charge < -0.3 is 14.8 Å². The van der Waals surface area contributed by atoms with Crippen LogP contribution in [0.1, 0.15) is 66.7 Å². The molecule has 2 fully saturated rings. The molecule has 0 atom stereocenters. The largest absolute Gasteiger partial charge is 0.381 e. The number of nitrogens with zero attached hydrogens (tertiary/aromatic N) is 1. The lowest BCUT2D eigenvalue weighted by molar-refractivity contribution is -0.132. The third-order valence-electron chi connectivity index (χ3n) is 7.83. The Hall–Kier alpha value is -0.820. The summed E-state index contributed by atoms with van der Waals surface area (Å²) in [4.78, 5) is 15.6. The molecule has 2 saturated heterocycles. The molecule has 0 aromatic heterocycles. The summed E-state index contributed by atoms with van der Waals surface area (Å²) in [6, 6.07) is 0.386. The van der Waals surface area contributed by atoms with Gasteiger partial charge in [-0.25, -0.2) is 0 Å². The molecule has 3 rings (SSSR count). The van der Waals surface area contributed by atoms with Crippen molar-refractivity contribution in [2.45, 2.75) is 78.3 Å². The first kappa shape index (κ1) is 24.8. The van der Waals surface area contributed by atoms with E-state index in [9.17, 15) is 4.79 Å². The Bertz CT molecular complexity index is 702. The van der Waals surface area contributed by atoms with Crippen molar-refractivity contribution in [3.05, 3.63) is 22.3 Å². The van der Waals surface area contributed by atoms with Gasteiger partial charge in [0.25, 0.3) is 0 Å². The zero-order chi connectivity index (χ0) is 22.6. The highest BCUT2D eigenvalue weighted by Crippen LogP contribution is 2.46. The molecule has 0 radical (unpaired) electrons.